The number of carboxylic acids is 1. The first kappa shape index (κ1) is 12.6. The van der Waals surface area contributed by atoms with Gasteiger partial charge in [0.1, 0.15) is 18.1 Å². The van der Waals surface area contributed by atoms with Crippen molar-refractivity contribution in [1.29, 1.82) is 0 Å². The van der Waals surface area contributed by atoms with Crippen molar-refractivity contribution < 1.29 is 14.8 Å². The zero-order valence-electron chi connectivity index (χ0n) is 8.87. The molecule has 0 amide bonds. The number of pyridine rings is 1. The van der Waals surface area contributed by atoms with Crippen molar-refractivity contribution in [3.63, 3.8) is 0 Å². The minimum absolute atomic E-state index is 0.147. The van der Waals surface area contributed by atoms with E-state index < -0.39 is 16.9 Å². The molecule has 1 heterocycles. The van der Waals surface area contributed by atoms with E-state index in [-0.39, 0.29) is 17.9 Å². The molecule has 1 aromatic rings. The van der Waals surface area contributed by atoms with Crippen LogP contribution in [0.2, 0.25) is 0 Å². The lowest BCUT2D eigenvalue weighted by Crippen LogP contribution is -2.28. The van der Waals surface area contributed by atoms with Crippen LogP contribution in [0, 0.1) is 10.1 Å². The molecule has 0 aliphatic rings. The second-order valence-electron chi connectivity index (χ2n) is 3.22. The molecule has 0 saturated carbocycles. The van der Waals surface area contributed by atoms with Crippen molar-refractivity contribution >= 4 is 17.5 Å². The summed E-state index contributed by atoms with van der Waals surface area (Å²) < 4.78 is 0. The summed E-state index contributed by atoms with van der Waals surface area (Å²) in [5, 5.41) is 21.9. The first-order valence-electron chi connectivity index (χ1n) is 4.75. The van der Waals surface area contributed by atoms with Gasteiger partial charge in [0.05, 0.1) is 4.92 Å². The van der Waals surface area contributed by atoms with Crippen molar-refractivity contribution in [2.24, 2.45) is 0 Å². The van der Waals surface area contributed by atoms with Gasteiger partial charge in [-0.3, -0.25) is 10.1 Å². The molecule has 2 N–H and O–H groups in total. The Bertz CT molecular complexity index is 430. The molecule has 7 heteroatoms. The van der Waals surface area contributed by atoms with E-state index in [4.69, 9.17) is 5.11 Å². The van der Waals surface area contributed by atoms with Crippen LogP contribution >= 0.6 is 0 Å². The van der Waals surface area contributed by atoms with Crippen LogP contribution in [0.1, 0.15) is 6.42 Å². The average Bonchev–Trinajstić information content (AvgIpc) is 2.29. The molecule has 0 bridgehead atoms. The Morgan fingerprint density at radius 1 is 1.71 bits per heavy atom. The lowest BCUT2D eigenvalue weighted by molar-refractivity contribution is -0.385. The predicted molar refractivity (Wildman–Crippen MR) is 60.8 cm³/mol. The Balaban J connectivity index is 2.76. The molecule has 7 nitrogen and oxygen atoms in total. The minimum Gasteiger partial charge on any atom is -0.480 e. The second kappa shape index (κ2) is 5.59. The maximum absolute atomic E-state index is 10.8. The van der Waals surface area contributed by atoms with E-state index in [0.29, 0.717) is 0 Å². The van der Waals surface area contributed by atoms with Crippen LogP contribution in [0.3, 0.4) is 0 Å². The Morgan fingerprint density at radius 2 is 2.41 bits per heavy atom. The van der Waals surface area contributed by atoms with Gasteiger partial charge in [-0.2, -0.15) is 0 Å². The molecule has 0 saturated heterocycles. The zero-order valence-corrected chi connectivity index (χ0v) is 8.87. The molecule has 0 radical (unpaired) electrons. The van der Waals surface area contributed by atoms with Crippen molar-refractivity contribution in [3.8, 4) is 0 Å². The first-order valence-corrected chi connectivity index (χ1v) is 4.75. The molecule has 0 aromatic carbocycles. The van der Waals surface area contributed by atoms with Crippen LogP contribution < -0.4 is 5.32 Å². The summed E-state index contributed by atoms with van der Waals surface area (Å²) >= 11 is 0. The van der Waals surface area contributed by atoms with Crippen LogP contribution in [0.15, 0.2) is 31.0 Å². The lowest BCUT2D eigenvalue weighted by atomic mass is 10.2. The van der Waals surface area contributed by atoms with Gasteiger partial charge in [-0.1, -0.05) is 6.08 Å². The Hall–Kier alpha value is -2.44. The van der Waals surface area contributed by atoms with Gasteiger partial charge >= 0.3 is 5.97 Å². The monoisotopic (exact) mass is 237 g/mol. The summed E-state index contributed by atoms with van der Waals surface area (Å²) in [6.45, 7) is 3.45. The highest BCUT2D eigenvalue weighted by atomic mass is 16.6. The fourth-order valence-corrected chi connectivity index (χ4v) is 1.15. The smallest absolute Gasteiger partial charge is 0.326 e. The highest BCUT2D eigenvalue weighted by Crippen LogP contribution is 2.13. The summed E-state index contributed by atoms with van der Waals surface area (Å²) in [5.74, 6) is -0.769. The van der Waals surface area contributed by atoms with Crippen molar-refractivity contribution in [3.05, 3.63) is 41.1 Å². The predicted octanol–water partition coefficient (Wildman–Crippen LogP) is 1.43. The summed E-state index contributed by atoms with van der Waals surface area (Å²) in [4.78, 5) is 24.4. The van der Waals surface area contributed by atoms with Gasteiger partial charge in [-0.15, -0.1) is 6.58 Å². The molecule has 90 valence electrons. The number of carboxylic acid groups (broad SMARTS) is 1. The van der Waals surface area contributed by atoms with Crippen LogP contribution in [0.4, 0.5) is 11.5 Å². The van der Waals surface area contributed by atoms with E-state index in [1.807, 2.05) is 0 Å². The molecule has 1 aromatic heterocycles. The number of hydrogen-bond acceptors (Lipinski definition) is 5. The molecule has 1 rings (SSSR count). The Morgan fingerprint density at radius 3 is 2.82 bits per heavy atom. The molecule has 0 aliphatic carbocycles. The van der Waals surface area contributed by atoms with Gasteiger partial charge in [0.15, 0.2) is 0 Å². The SMILES string of the molecule is C=CCC(Nc1ccc([N+](=O)[O-])cn1)C(=O)O. The van der Waals surface area contributed by atoms with E-state index in [1.54, 1.807) is 0 Å². The van der Waals surface area contributed by atoms with E-state index in [0.717, 1.165) is 6.20 Å². The van der Waals surface area contributed by atoms with Crippen molar-refractivity contribution in [1.82, 2.24) is 4.98 Å². The second-order valence-corrected chi connectivity index (χ2v) is 3.22. The fourth-order valence-electron chi connectivity index (χ4n) is 1.15. The highest BCUT2D eigenvalue weighted by molar-refractivity contribution is 5.77. The number of rotatable bonds is 6. The minimum atomic E-state index is -1.04. The standard InChI is InChI=1S/C10H11N3O4/c1-2-3-8(10(14)15)12-9-5-4-7(6-11-9)13(16)17/h2,4-6,8H,1,3H2,(H,11,12)(H,14,15). The Kier molecular flexibility index (Phi) is 4.15. The topological polar surface area (TPSA) is 105 Å². The van der Waals surface area contributed by atoms with E-state index in [9.17, 15) is 14.9 Å². The number of nitrogens with zero attached hydrogens (tertiary/aromatic N) is 2. The van der Waals surface area contributed by atoms with Crippen LogP contribution in [0.25, 0.3) is 0 Å². The number of nitro groups is 1. The molecule has 0 aliphatic heterocycles. The normalized spacial score (nSPS) is 11.5. The molecular formula is C10H11N3O4. The summed E-state index contributed by atoms with van der Waals surface area (Å²) in [7, 11) is 0. The lowest BCUT2D eigenvalue weighted by Gasteiger charge is -2.12. The number of anilines is 1. The third-order valence-corrected chi connectivity index (χ3v) is 1.98. The molecule has 1 atom stereocenters. The van der Waals surface area contributed by atoms with Gasteiger partial charge in [0.2, 0.25) is 0 Å². The molecule has 0 fully saturated rings. The van der Waals surface area contributed by atoms with Crippen LogP contribution in [0.5, 0.6) is 0 Å². The molecule has 1 unspecified atom stereocenters. The van der Waals surface area contributed by atoms with Crippen LogP contribution in [-0.2, 0) is 4.79 Å². The summed E-state index contributed by atoms with van der Waals surface area (Å²) in [5.41, 5.74) is -0.147. The Labute approximate surface area is 96.9 Å². The van der Waals surface area contributed by atoms with Gasteiger partial charge < -0.3 is 10.4 Å². The van der Waals surface area contributed by atoms with Crippen molar-refractivity contribution in [2.75, 3.05) is 5.32 Å². The largest absolute Gasteiger partial charge is 0.480 e. The number of aromatic nitrogens is 1. The van der Waals surface area contributed by atoms with Gasteiger partial charge in [-0.05, 0) is 12.5 Å². The van der Waals surface area contributed by atoms with Gasteiger partial charge in [-0.25, -0.2) is 9.78 Å². The summed E-state index contributed by atoms with van der Waals surface area (Å²) in [6.07, 6.45) is 2.76. The quantitative estimate of drug-likeness (QED) is 0.440. The van der Waals surface area contributed by atoms with Crippen molar-refractivity contribution in [2.45, 2.75) is 12.5 Å². The number of hydrogen-bond donors (Lipinski definition) is 2. The van der Waals surface area contributed by atoms with E-state index in [1.165, 1.54) is 18.2 Å². The van der Waals surface area contributed by atoms with Gasteiger partial charge in [0, 0.05) is 6.07 Å². The number of nitrogens with one attached hydrogen (secondary N) is 1. The molecular weight excluding hydrogens is 226 g/mol. The first-order chi connectivity index (χ1) is 8.04. The fraction of sp³-hybridized carbons (Fsp3) is 0.200. The summed E-state index contributed by atoms with van der Waals surface area (Å²) in [6, 6.07) is 1.76. The maximum Gasteiger partial charge on any atom is 0.326 e. The highest BCUT2D eigenvalue weighted by Gasteiger charge is 2.16. The van der Waals surface area contributed by atoms with E-state index >= 15 is 0 Å². The molecule has 0 spiro atoms. The third-order valence-electron chi connectivity index (χ3n) is 1.98. The maximum atomic E-state index is 10.8. The van der Waals surface area contributed by atoms with Crippen LogP contribution in [-0.4, -0.2) is 27.0 Å². The van der Waals surface area contributed by atoms with E-state index in [2.05, 4.69) is 16.9 Å². The molecule has 17 heavy (non-hydrogen) atoms. The zero-order chi connectivity index (χ0) is 12.8. The van der Waals surface area contributed by atoms with Gasteiger partial charge in [0.25, 0.3) is 5.69 Å². The number of carbonyl (C=O) groups is 1. The third kappa shape index (κ3) is 3.56. The number of aliphatic carboxylic acids is 1. The average molecular weight is 237 g/mol.